The minimum Gasteiger partial charge on any atom is -0.481 e. The predicted molar refractivity (Wildman–Crippen MR) is 66.5 cm³/mol. The zero-order valence-corrected chi connectivity index (χ0v) is 10.9. The van der Waals surface area contributed by atoms with Gasteiger partial charge < -0.3 is 16.2 Å². The molecule has 5 nitrogen and oxygen atoms in total. The van der Waals surface area contributed by atoms with Gasteiger partial charge in [0, 0.05) is 13.0 Å². The van der Waals surface area contributed by atoms with Gasteiger partial charge in [0.05, 0.1) is 6.04 Å². The number of nitrogens with two attached hydrogens (primary N) is 1. The van der Waals surface area contributed by atoms with Gasteiger partial charge >= 0.3 is 5.97 Å². The van der Waals surface area contributed by atoms with Gasteiger partial charge in [-0.25, -0.2) is 0 Å². The van der Waals surface area contributed by atoms with Gasteiger partial charge in [0.25, 0.3) is 0 Å². The molecule has 0 aromatic heterocycles. The number of rotatable bonds is 8. The maximum atomic E-state index is 11.5. The van der Waals surface area contributed by atoms with Crippen molar-refractivity contribution >= 4 is 11.9 Å². The highest BCUT2D eigenvalue weighted by Crippen LogP contribution is 2.14. The van der Waals surface area contributed by atoms with E-state index in [9.17, 15) is 9.59 Å². The highest BCUT2D eigenvalue weighted by molar-refractivity contribution is 5.81. The summed E-state index contributed by atoms with van der Waals surface area (Å²) in [7, 11) is 0. The highest BCUT2D eigenvalue weighted by Gasteiger charge is 2.17. The number of aliphatic carboxylic acids is 1. The molecule has 4 N–H and O–H groups in total. The van der Waals surface area contributed by atoms with Crippen molar-refractivity contribution in [3.63, 3.8) is 0 Å². The molecule has 0 aromatic rings. The van der Waals surface area contributed by atoms with E-state index in [1.54, 1.807) is 0 Å². The second-order valence-corrected chi connectivity index (χ2v) is 4.85. The molecule has 0 saturated heterocycles. The number of nitrogens with one attached hydrogen (secondary N) is 1. The molecule has 5 heteroatoms. The summed E-state index contributed by atoms with van der Waals surface area (Å²) < 4.78 is 0. The first kappa shape index (κ1) is 15.9. The zero-order valence-electron chi connectivity index (χ0n) is 10.9. The van der Waals surface area contributed by atoms with Crippen molar-refractivity contribution in [1.82, 2.24) is 5.32 Å². The van der Waals surface area contributed by atoms with E-state index >= 15 is 0 Å². The van der Waals surface area contributed by atoms with E-state index in [-0.39, 0.29) is 18.2 Å². The normalized spacial score (nSPS) is 14.4. The van der Waals surface area contributed by atoms with Crippen LogP contribution in [0.1, 0.15) is 40.0 Å². The van der Waals surface area contributed by atoms with E-state index in [4.69, 9.17) is 10.8 Å². The summed E-state index contributed by atoms with van der Waals surface area (Å²) in [5, 5.41) is 11.5. The Morgan fingerprint density at radius 2 is 1.94 bits per heavy atom. The van der Waals surface area contributed by atoms with E-state index in [1.807, 2.05) is 20.8 Å². The molecule has 0 spiro atoms. The summed E-state index contributed by atoms with van der Waals surface area (Å²) in [6.45, 7) is 6.30. The Kier molecular flexibility index (Phi) is 7.54. The van der Waals surface area contributed by atoms with Crippen LogP contribution in [0.3, 0.4) is 0 Å². The van der Waals surface area contributed by atoms with E-state index in [0.717, 1.165) is 6.42 Å². The molecule has 2 atom stereocenters. The fraction of sp³-hybridized carbons (Fsp3) is 0.833. The summed E-state index contributed by atoms with van der Waals surface area (Å²) in [6.07, 6.45) is 1.45. The van der Waals surface area contributed by atoms with Crippen LogP contribution in [0.15, 0.2) is 0 Å². The lowest BCUT2D eigenvalue weighted by molar-refractivity contribution is -0.138. The van der Waals surface area contributed by atoms with E-state index in [0.29, 0.717) is 18.9 Å². The van der Waals surface area contributed by atoms with E-state index in [1.165, 1.54) is 0 Å². The summed E-state index contributed by atoms with van der Waals surface area (Å²) in [6, 6.07) is -0.500. The molecular weight excluding hydrogens is 220 g/mol. The van der Waals surface area contributed by atoms with E-state index < -0.39 is 12.0 Å². The van der Waals surface area contributed by atoms with Gasteiger partial charge in [0.1, 0.15) is 0 Å². The van der Waals surface area contributed by atoms with Gasteiger partial charge in [-0.15, -0.1) is 0 Å². The molecule has 0 rings (SSSR count). The van der Waals surface area contributed by atoms with E-state index in [2.05, 4.69) is 5.32 Å². The first-order chi connectivity index (χ1) is 7.86. The van der Waals surface area contributed by atoms with Crippen LogP contribution in [-0.4, -0.2) is 29.6 Å². The van der Waals surface area contributed by atoms with Crippen LogP contribution in [0.5, 0.6) is 0 Å². The number of carbonyl (C=O) groups is 2. The van der Waals surface area contributed by atoms with Gasteiger partial charge in [-0.2, -0.15) is 0 Å². The van der Waals surface area contributed by atoms with Crippen LogP contribution in [0.2, 0.25) is 0 Å². The predicted octanol–water partition coefficient (Wildman–Crippen LogP) is 0.977. The number of carboxylic acid groups (broad SMARTS) is 1. The van der Waals surface area contributed by atoms with Crippen molar-refractivity contribution in [3.8, 4) is 0 Å². The molecule has 0 aliphatic rings. The van der Waals surface area contributed by atoms with Crippen LogP contribution in [0.4, 0.5) is 0 Å². The lowest BCUT2D eigenvalue weighted by Gasteiger charge is -2.19. The fourth-order valence-corrected chi connectivity index (χ4v) is 1.71. The largest absolute Gasteiger partial charge is 0.481 e. The maximum Gasteiger partial charge on any atom is 0.303 e. The zero-order chi connectivity index (χ0) is 13.4. The Morgan fingerprint density at radius 1 is 1.35 bits per heavy atom. The van der Waals surface area contributed by atoms with Gasteiger partial charge in [-0.05, 0) is 24.7 Å². The average molecular weight is 244 g/mol. The lowest BCUT2D eigenvalue weighted by Crippen LogP contribution is -2.42. The molecule has 17 heavy (non-hydrogen) atoms. The molecule has 100 valence electrons. The van der Waals surface area contributed by atoms with Crippen molar-refractivity contribution in [2.24, 2.45) is 17.6 Å². The van der Waals surface area contributed by atoms with Crippen molar-refractivity contribution in [3.05, 3.63) is 0 Å². The number of carboxylic acids is 1. The first-order valence-electron chi connectivity index (χ1n) is 6.11. The van der Waals surface area contributed by atoms with Crippen LogP contribution in [0.25, 0.3) is 0 Å². The first-order valence-corrected chi connectivity index (χ1v) is 6.11. The topological polar surface area (TPSA) is 92.4 Å². The Balaban J connectivity index is 4.15. The van der Waals surface area contributed by atoms with Crippen molar-refractivity contribution in [2.45, 2.75) is 46.1 Å². The average Bonchev–Trinajstić information content (AvgIpc) is 2.22. The minimum absolute atomic E-state index is 0.0273. The van der Waals surface area contributed by atoms with Crippen molar-refractivity contribution in [2.75, 3.05) is 6.54 Å². The molecule has 0 radical (unpaired) electrons. The molecular formula is C12H24N2O3. The highest BCUT2D eigenvalue weighted by atomic mass is 16.4. The van der Waals surface area contributed by atoms with Gasteiger partial charge in [0.2, 0.25) is 5.91 Å². The third kappa shape index (κ3) is 7.74. The minimum atomic E-state index is -0.829. The summed E-state index contributed by atoms with van der Waals surface area (Å²) in [4.78, 5) is 22.2. The van der Waals surface area contributed by atoms with Gasteiger partial charge in [-0.3, -0.25) is 9.59 Å². The molecule has 0 saturated carbocycles. The van der Waals surface area contributed by atoms with Crippen LogP contribution < -0.4 is 11.1 Å². The van der Waals surface area contributed by atoms with Crippen molar-refractivity contribution < 1.29 is 14.7 Å². The molecule has 0 aromatic carbocycles. The molecule has 2 unspecified atom stereocenters. The van der Waals surface area contributed by atoms with Crippen molar-refractivity contribution in [1.29, 1.82) is 0 Å². The SMILES string of the molecule is CCC(N)C(=O)NCC(CC(=O)O)CC(C)C. The molecule has 0 bridgehead atoms. The quantitative estimate of drug-likeness (QED) is 0.593. The number of hydrogen-bond acceptors (Lipinski definition) is 3. The lowest BCUT2D eigenvalue weighted by atomic mass is 9.94. The standard InChI is InChI=1S/C12H24N2O3/c1-4-10(13)12(17)14-7-9(5-8(2)3)6-11(15)16/h8-10H,4-7,13H2,1-3H3,(H,14,17)(H,15,16). The molecule has 0 aliphatic heterocycles. The number of hydrogen-bond donors (Lipinski definition) is 3. The monoisotopic (exact) mass is 244 g/mol. The van der Waals surface area contributed by atoms with Gasteiger partial charge in [0.15, 0.2) is 0 Å². The third-order valence-corrected chi connectivity index (χ3v) is 2.61. The van der Waals surface area contributed by atoms with Crippen LogP contribution in [0, 0.1) is 11.8 Å². The maximum absolute atomic E-state index is 11.5. The fourth-order valence-electron chi connectivity index (χ4n) is 1.71. The molecule has 1 amide bonds. The molecule has 0 aliphatic carbocycles. The number of carbonyl (C=O) groups excluding carboxylic acids is 1. The van der Waals surface area contributed by atoms with Crippen LogP contribution >= 0.6 is 0 Å². The Hall–Kier alpha value is -1.10. The second kappa shape index (κ2) is 8.06. The number of amides is 1. The Morgan fingerprint density at radius 3 is 2.35 bits per heavy atom. The summed E-state index contributed by atoms with van der Waals surface area (Å²) in [5.74, 6) is -0.645. The Labute approximate surface area is 103 Å². The summed E-state index contributed by atoms with van der Waals surface area (Å²) >= 11 is 0. The second-order valence-electron chi connectivity index (χ2n) is 4.85. The smallest absolute Gasteiger partial charge is 0.303 e. The third-order valence-electron chi connectivity index (χ3n) is 2.61. The summed E-state index contributed by atoms with van der Waals surface area (Å²) in [5.41, 5.74) is 5.58. The van der Waals surface area contributed by atoms with Crippen LogP contribution in [-0.2, 0) is 9.59 Å². The van der Waals surface area contributed by atoms with Gasteiger partial charge in [-0.1, -0.05) is 20.8 Å². The molecule has 0 heterocycles. The molecule has 0 fully saturated rings. The Bertz CT molecular complexity index is 254.